The second-order valence-electron chi connectivity index (χ2n) is 6.04. The van der Waals surface area contributed by atoms with Crippen molar-refractivity contribution in [3.8, 4) is 0 Å². The topological polar surface area (TPSA) is 88.4 Å². The number of fused-ring (bicyclic) bond motifs is 1. The van der Waals surface area contributed by atoms with Crippen LogP contribution in [0.5, 0.6) is 0 Å². The van der Waals surface area contributed by atoms with Gasteiger partial charge in [-0.1, -0.05) is 12.1 Å². The summed E-state index contributed by atoms with van der Waals surface area (Å²) < 4.78 is 25.2. The zero-order valence-corrected chi connectivity index (χ0v) is 17.5. The summed E-state index contributed by atoms with van der Waals surface area (Å²) in [6.45, 7) is 3.44. The van der Waals surface area contributed by atoms with Gasteiger partial charge in [0, 0.05) is 26.2 Å². The second-order valence-corrected chi connectivity index (χ2v) is 8.27. The molecule has 1 aliphatic rings. The van der Waals surface area contributed by atoms with Crippen molar-refractivity contribution in [3.05, 3.63) is 30.1 Å². The monoisotopic (exact) mass is 477 g/mol. The van der Waals surface area contributed by atoms with E-state index >= 15 is 0 Å². The number of aromatic nitrogens is 2. The number of nitrogens with zero attached hydrogens (tertiary/aromatic N) is 3. The Labute approximate surface area is 165 Å². The van der Waals surface area contributed by atoms with Gasteiger partial charge in [0.2, 0.25) is 0 Å². The average Bonchev–Trinajstić information content (AvgIpc) is 3.05. The van der Waals surface area contributed by atoms with Gasteiger partial charge in [-0.3, -0.25) is 4.99 Å². The van der Waals surface area contributed by atoms with E-state index in [9.17, 15) is 8.42 Å². The fourth-order valence-corrected chi connectivity index (χ4v) is 4.73. The fraction of sp³-hybridized carbons (Fsp3) is 0.500. The van der Waals surface area contributed by atoms with Gasteiger partial charge in [-0.2, -0.15) is 0 Å². The predicted octanol–water partition coefficient (Wildman–Crippen LogP) is 1.31. The smallest absolute Gasteiger partial charge is 0.191 e. The van der Waals surface area contributed by atoms with E-state index in [-0.39, 0.29) is 41.5 Å². The van der Waals surface area contributed by atoms with Gasteiger partial charge in [0.1, 0.15) is 5.82 Å². The molecular weight excluding hydrogens is 453 g/mol. The van der Waals surface area contributed by atoms with Crippen molar-refractivity contribution in [3.63, 3.8) is 0 Å². The highest BCUT2D eigenvalue weighted by atomic mass is 127. The van der Waals surface area contributed by atoms with Crippen LogP contribution < -0.4 is 10.6 Å². The first-order valence-electron chi connectivity index (χ1n) is 8.08. The lowest BCUT2D eigenvalue weighted by Gasteiger charge is -2.16. The van der Waals surface area contributed by atoms with E-state index in [0.29, 0.717) is 18.9 Å². The summed E-state index contributed by atoms with van der Waals surface area (Å²) in [5, 5.41) is 6.44. The van der Waals surface area contributed by atoms with Gasteiger partial charge in [-0.15, -0.1) is 24.0 Å². The number of rotatable bonds is 4. The quantitative estimate of drug-likeness (QED) is 0.394. The van der Waals surface area contributed by atoms with Crippen molar-refractivity contribution in [1.82, 2.24) is 20.2 Å². The molecule has 0 radical (unpaired) electrons. The van der Waals surface area contributed by atoms with E-state index in [1.165, 1.54) is 0 Å². The Morgan fingerprint density at radius 2 is 2.16 bits per heavy atom. The molecule has 1 aromatic heterocycles. The van der Waals surface area contributed by atoms with Crippen molar-refractivity contribution in [2.24, 2.45) is 4.99 Å². The minimum atomic E-state index is -2.89. The lowest BCUT2D eigenvalue weighted by atomic mass is 10.3. The Balaban J connectivity index is 0.00000225. The number of imidazole rings is 1. The maximum absolute atomic E-state index is 11.5. The second kappa shape index (κ2) is 8.35. The molecule has 3 rings (SSSR count). The zero-order chi connectivity index (χ0) is 17.2. The number of aliphatic imine (C=N–C) groups is 1. The van der Waals surface area contributed by atoms with Crippen LogP contribution in [0.3, 0.4) is 0 Å². The van der Waals surface area contributed by atoms with E-state index < -0.39 is 9.84 Å². The Morgan fingerprint density at radius 1 is 1.40 bits per heavy atom. The Bertz CT molecular complexity index is 863. The summed E-state index contributed by atoms with van der Waals surface area (Å²) in [7, 11) is -1.20. The molecule has 138 valence electrons. The van der Waals surface area contributed by atoms with Crippen molar-refractivity contribution in [1.29, 1.82) is 0 Å². The van der Waals surface area contributed by atoms with Crippen molar-refractivity contribution in [2.75, 3.05) is 25.1 Å². The molecule has 0 spiro atoms. The maximum atomic E-state index is 11.5. The van der Waals surface area contributed by atoms with Crippen LogP contribution in [0.2, 0.25) is 0 Å². The van der Waals surface area contributed by atoms with E-state index in [0.717, 1.165) is 23.4 Å². The molecule has 1 saturated heterocycles. The third-order valence-electron chi connectivity index (χ3n) is 4.27. The Morgan fingerprint density at radius 3 is 2.84 bits per heavy atom. The minimum Gasteiger partial charge on any atom is -0.355 e. The van der Waals surface area contributed by atoms with Gasteiger partial charge < -0.3 is 15.2 Å². The summed E-state index contributed by atoms with van der Waals surface area (Å²) in [5.41, 5.74) is 2.11. The SMILES string of the molecule is CN=C(NCCn1c(C)nc2ccccc21)NC1CCS(=O)(=O)C1.I. The first-order valence-corrected chi connectivity index (χ1v) is 9.90. The number of benzene rings is 1. The number of sulfone groups is 1. The summed E-state index contributed by atoms with van der Waals surface area (Å²) >= 11 is 0. The van der Waals surface area contributed by atoms with Crippen LogP contribution in [0.25, 0.3) is 11.0 Å². The molecule has 0 saturated carbocycles. The molecule has 1 aliphatic heterocycles. The van der Waals surface area contributed by atoms with E-state index in [1.54, 1.807) is 7.05 Å². The molecule has 2 N–H and O–H groups in total. The molecule has 1 aromatic carbocycles. The molecule has 25 heavy (non-hydrogen) atoms. The fourth-order valence-electron chi connectivity index (χ4n) is 3.06. The number of aryl methyl sites for hydroxylation is 1. The van der Waals surface area contributed by atoms with Gasteiger partial charge in [-0.25, -0.2) is 13.4 Å². The van der Waals surface area contributed by atoms with Gasteiger partial charge >= 0.3 is 0 Å². The minimum absolute atomic E-state index is 0. The van der Waals surface area contributed by atoms with Crippen LogP contribution in [0.15, 0.2) is 29.3 Å². The van der Waals surface area contributed by atoms with Crippen molar-refractivity contribution in [2.45, 2.75) is 25.9 Å². The summed E-state index contributed by atoms with van der Waals surface area (Å²) in [5.74, 6) is 2.04. The Hall–Kier alpha value is -1.36. The highest BCUT2D eigenvalue weighted by Gasteiger charge is 2.28. The van der Waals surface area contributed by atoms with Gasteiger partial charge in [0.05, 0.1) is 22.5 Å². The van der Waals surface area contributed by atoms with Gasteiger partial charge in [0.25, 0.3) is 0 Å². The number of halogens is 1. The number of hydrogen-bond donors (Lipinski definition) is 2. The van der Waals surface area contributed by atoms with E-state index in [1.807, 2.05) is 25.1 Å². The number of guanidine groups is 1. The number of nitrogens with one attached hydrogen (secondary N) is 2. The molecule has 7 nitrogen and oxygen atoms in total. The third-order valence-corrected chi connectivity index (χ3v) is 6.04. The molecular formula is C16H24IN5O2S. The molecule has 0 bridgehead atoms. The van der Waals surface area contributed by atoms with Crippen LogP contribution in [-0.2, 0) is 16.4 Å². The standard InChI is InChI=1S/C16H23N5O2S.HI/c1-12-19-14-5-3-4-6-15(14)21(12)9-8-18-16(17-2)20-13-7-10-24(22,23)11-13;/h3-6,13H,7-11H2,1-2H3,(H2,17,18,20);1H. The van der Waals surface area contributed by atoms with Crippen LogP contribution in [0.1, 0.15) is 12.2 Å². The first kappa shape index (κ1) is 20.0. The molecule has 2 heterocycles. The predicted molar refractivity (Wildman–Crippen MR) is 111 cm³/mol. The number of hydrogen-bond acceptors (Lipinski definition) is 4. The molecule has 0 amide bonds. The molecule has 0 aliphatic carbocycles. The summed E-state index contributed by atoms with van der Waals surface area (Å²) in [4.78, 5) is 8.73. The van der Waals surface area contributed by atoms with Crippen molar-refractivity contribution >= 4 is 50.8 Å². The normalized spacial score (nSPS) is 19.6. The van der Waals surface area contributed by atoms with Crippen LogP contribution in [0.4, 0.5) is 0 Å². The largest absolute Gasteiger partial charge is 0.355 e. The van der Waals surface area contributed by atoms with E-state index in [4.69, 9.17) is 0 Å². The van der Waals surface area contributed by atoms with Crippen molar-refractivity contribution < 1.29 is 8.42 Å². The Kier molecular flexibility index (Phi) is 6.66. The van der Waals surface area contributed by atoms with E-state index in [2.05, 4.69) is 31.2 Å². The summed E-state index contributed by atoms with van der Waals surface area (Å²) in [6.07, 6.45) is 0.633. The molecule has 1 unspecified atom stereocenters. The molecule has 1 fully saturated rings. The van der Waals surface area contributed by atoms with Gasteiger partial charge in [0.15, 0.2) is 15.8 Å². The highest BCUT2D eigenvalue weighted by Crippen LogP contribution is 2.15. The molecule has 9 heteroatoms. The summed E-state index contributed by atoms with van der Waals surface area (Å²) in [6, 6.07) is 8.00. The lowest BCUT2D eigenvalue weighted by molar-refractivity contribution is 0.598. The van der Waals surface area contributed by atoms with Crippen LogP contribution in [0, 0.1) is 6.92 Å². The number of para-hydroxylation sites is 2. The molecule has 2 aromatic rings. The maximum Gasteiger partial charge on any atom is 0.191 e. The third kappa shape index (κ3) is 4.84. The van der Waals surface area contributed by atoms with Crippen LogP contribution in [-0.4, -0.2) is 55.1 Å². The lowest BCUT2D eigenvalue weighted by Crippen LogP contribution is -2.44. The van der Waals surface area contributed by atoms with Crippen LogP contribution >= 0.6 is 24.0 Å². The average molecular weight is 477 g/mol. The first-order chi connectivity index (χ1) is 11.5. The highest BCUT2D eigenvalue weighted by molar-refractivity contribution is 14.0. The molecule has 1 atom stereocenters. The zero-order valence-electron chi connectivity index (χ0n) is 14.4. The van der Waals surface area contributed by atoms with Gasteiger partial charge in [-0.05, 0) is 25.5 Å².